The van der Waals surface area contributed by atoms with E-state index in [0.717, 1.165) is 0 Å². The summed E-state index contributed by atoms with van der Waals surface area (Å²) in [6, 6.07) is 0. The minimum atomic E-state index is -0.615. The molecular formula is C15H21FN4O3. The number of nitrogens with one attached hydrogen (secondary N) is 2. The van der Waals surface area contributed by atoms with Gasteiger partial charge in [-0.15, -0.1) is 0 Å². The van der Waals surface area contributed by atoms with Gasteiger partial charge < -0.3 is 15.4 Å². The van der Waals surface area contributed by atoms with Gasteiger partial charge >= 0.3 is 6.09 Å². The fraction of sp³-hybridized carbons (Fsp3) is 0.533. The smallest absolute Gasteiger partial charge is 0.407 e. The van der Waals surface area contributed by atoms with Crippen molar-refractivity contribution in [3.05, 3.63) is 29.4 Å². The first-order chi connectivity index (χ1) is 10.8. The van der Waals surface area contributed by atoms with E-state index in [9.17, 15) is 14.0 Å². The van der Waals surface area contributed by atoms with Crippen LogP contribution in [0.2, 0.25) is 0 Å². The molecule has 2 heterocycles. The maximum Gasteiger partial charge on any atom is 0.407 e. The Morgan fingerprint density at radius 3 is 2.91 bits per heavy atom. The molecular weight excluding hydrogens is 303 g/mol. The van der Waals surface area contributed by atoms with Gasteiger partial charge in [0.2, 0.25) is 0 Å². The minimum Gasteiger partial charge on any atom is -0.444 e. The van der Waals surface area contributed by atoms with Crippen LogP contribution < -0.4 is 10.6 Å². The van der Waals surface area contributed by atoms with Crippen molar-refractivity contribution in [3.63, 3.8) is 0 Å². The maximum absolute atomic E-state index is 13.0. The van der Waals surface area contributed by atoms with Crippen molar-refractivity contribution in [2.24, 2.45) is 0 Å². The molecule has 2 rings (SSSR count). The third-order valence-electron chi connectivity index (χ3n) is 3.11. The van der Waals surface area contributed by atoms with Gasteiger partial charge in [0, 0.05) is 25.7 Å². The lowest BCUT2D eigenvalue weighted by Crippen LogP contribution is -2.34. The van der Waals surface area contributed by atoms with Crippen LogP contribution in [0.3, 0.4) is 0 Å². The molecule has 0 atom stereocenters. The second-order valence-corrected chi connectivity index (χ2v) is 6.32. The number of hydrogen-bond donors (Lipinski definition) is 2. The van der Waals surface area contributed by atoms with Crippen LogP contribution in [0.1, 0.15) is 36.8 Å². The minimum absolute atomic E-state index is 0.00212. The molecule has 8 heteroatoms. The molecule has 2 N–H and O–H groups in total. The Labute approximate surface area is 133 Å². The molecule has 0 spiro atoms. The van der Waals surface area contributed by atoms with Crippen LogP contribution in [-0.2, 0) is 17.7 Å². The van der Waals surface area contributed by atoms with Crippen molar-refractivity contribution in [2.75, 3.05) is 13.1 Å². The number of nitrogens with zero attached hydrogens (tertiary/aromatic N) is 2. The van der Waals surface area contributed by atoms with Crippen LogP contribution in [-0.4, -0.2) is 40.5 Å². The highest BCUT2D eigenvalue weighted by Gasteiger charge is 2.21. The highest BCUT2D eigenvalue weighted by atomic mass is 19.1. The molecule has 1 aromatic heterocycles. The van der Waals surface area contributed by atoms with Gasteiger partial charge in [-0.05, 0) is 26.3 Å². The highest BCUT2D eigenvalue weighted by Crippen LogP contribution is 2.13. The standard InChI is InChI=1S/C15H21FN4O3/c1-15(2,3)23-14(22)18-7-10(6-16)8-20-9-11-12(19-20)4-5-17-13(11)21/h6,9H,4-5,7-8H2,1-3H3,(H,17,21)(H,18,22). The zero-order valence-electron chi connectivity index (χ0n) is 13.5. The second kappa shape index (κ2) is 6.80. The fourth-order valence-corrected chi connectivity index (χ4v) is 2.14. The average Bonchev–Trinajstić information content (AvgIpc) is 2.85. The predicted octanol–water partition coefficient (Wildman–Crippen LogP) is 1.55. The zero-order valence-corrected chi connectivity index (χ0v) is 13.5. The summed E-state index contributed by atoms with van der Waals surface area (Å²) in [5.41, 5.74) is 0.913. The van der Waals surface area contributed by atoms with E-state index in [-0.39, 0.29) is 19.0 Å². The number of ether oxygens (including phenoxy) is 1. The predicted molar refractivity (Wildman–Crippen MR) is 81.7 cm³/mol. The number of hydrogen-bond acceptors (Lipinski definition) is 4. The quantitative estimate of drug-likeness (QED) is 0.880. The van der Waals surface area contributed by atoms with Crippen LogP contribution >= 0.6 is 0 Å². The van der Waals surface area contributed by atoms with Gasteiger partial charge in [0.05, 0.1) is 24.1 Å². The van der Waals surface area contributed by atoms with Crippen molar-refractivity contribution in [1.82, 2.24) is 20.4 Å². The first-order valence-corrected chi connectivity index (χ1v) is 7.38. The highest BCUT2D eigenvalue weighted by molar-refractivity contribution is 5.96. The van der Waals surface area contributed by atoms with E-state index in [0.29, 0.717) is 36.1 Å². The van der Waals surface area contributed by atoms with Gasteiger partial charge in [0.25, 0.3) is 5.91 Å². The summed E-state index contributed by atoms with van der Waals surface area (Å²) in [5, 5.41) is 9.50. The Morgan fingerprint density at radius 2 is 2.30 bits per heavy atom. The molecule has 126 valence electrons. The molecule has 0 aliphatic carbocycles. The number of alkyl carbamates (subject to hydrolysis) is 1. The van der Waals surface area contributed by atoms with Crippen molar-refractivity contribution in [3.8, 4) is 0 Å². The van der Waals surface area contributed by atoms with E-state index in [4.69, 9.17) is 4.74 Å². The van der Waals surface area contributed by atoms with Gasteiger partial charge in [-0.3, -0.25) is 9.48 Å². The summed E-state index contributed by atoms with van der Waals surface area (Å²) < 4.78 is 19.6. The zero-order chi connectivity index (χ0) is 17.0. The lowest BCUT2D eigenvalue weighted by molar-refractivity contribution is 0.0531. The van der Waals surface area contributed by atoms with Crippen LogP contribution in [0.15, 0.2) is 18.1 Å². The van der Waals surface area contributed by atoms with Crippen molar-refractivity contribution in [1.29, 1.82) is 0 Å². The van der Waals surface area contributed by atoms with Crippen LogP contribution in [0.5, 0.6) is 0 Å². The largest absolute Gasteiger partial charge is 0.444 e. The number of rotatable bonds is 4. The Kier molecular flexibility index (Phi) is 5.02. The summed E-state index contributed by atoms with van der Waals surface area (Å²) in [5.74, 6) is -0.171. The lowest BCUT2D eigenvalue weighted by atomic mass is 10.1. The topological polar surface area (TPSA) is 85.2 Å². The van der Waals surface area contributed by atoms with Crippen LogP contribution in [0.25, 0.3) is 0 Å². The summed E-state index contributed by atoms with van der Waals surface area (Å²) in [7, 11) is 0. The molecule has 0 aromatic carbocycles. The third kappa shape index (κ3) is 4.80. The van der Waals surface area contributed by atoms with E-state index in [1.807, 2.05) is 0 Å². The van der Waals surface area contributed by atoms with Gasteiger partial charge in [-0.1, -0.05) is 0 Å². The SMILES string of the molecule is CC(C)(C)OC(=O)NCC(=CF)Cn1cc2c(n1)CCNC2=O. The Hall–Kier alpha value is -2.38. The first kappa shape index (κ1) is 17.0. The maximum atomic E-state index is 13.0. The van der Waals surface area contributed by atoms with Gasteiger partial charge in [0.15, 0.2) is 0 Å². The fourth-order valence-electron chi connectivity index (χ4n) is 2.14. The molecule has 7 nitrogen and oxygen atoms in total. The molecule has 1 aliphatic rings. The molecule has 0 unspecified atom stereocenters. The molecule has 23 heavy (non-hydrogen) atoms. The van der Waals surface area contributed by atoms with Crippen molar-refractivity contribution >= 4 is 12.0 Å². The van der Waals surface area contributed by atoms with E-state index >= 15 is 0 Å². The number of halogens is 1. The summed E-state index contributed by atoms with van der Waals surface area (Å²) >= 11 is 0. The molecule has 0 bridgehead atoms. The normalized spacial score (nSPS) is 15.0. The molecule has 1 aromatic rings. The third-order valence-corrected chi connectivity index (χ3v) is 3.11. The number of aromatic nitrogens is 2. The van der Waals surface area contributed by atoms with Gasteiger partial charge in [-0.2, -0.15) is 5.10 Å². The summed E-state index contributed by atoms with van der Waals surface area (Å²) in [4.78, 5) is 23.3. The first-order valence-electron chi connectivity index (χ1n) is 7.38. The number of carbonyl (C=O) groups is 2. The van der Waals surface area contributed by atoms with Crippen LogP contribution in [0.4, 0.5) is 9.18 Å². The van der Waals surface area contributed by atoms with Gasteiger partial charge in [0.1, 0.15) is 5.60 Å². The molecule has 0 radical (unpaired) electrons. The Balaban J connectivity index is 1.93. The van der Waals surface area contributed by atoms with E-state index in [1.54, 1.807) is 27.0 Å². The summed E-state index contributed by atoms with van der Waals surface area (Å²) in [6.07, 6.45) is 2.05. The van der Waals surface area contributed by atoms with Crippen molar-refractivity contribution < 1.29 is 18.7 Å². The molecule has 2 amide bonds. The molecule has 0 fully saturated rings. The number of carbonyl (C=O) groups excluding carboxylic acids is 2. The van der Waals surface area contributed by atoms with E-state index < -0.39 is 11.7 Å². The Bertz CT molecular complexity index is 631. The van der Waals surface area contributed by atoms with Crippen molar-refractivity contribution in [2.45, 2.75) is 39.3 Å². The number of fused-ring (bicyclic) bond motifs is 1. The monoisotopic (exact) mass is 324 g/mol. The lowest BCUT2D eigenvalue weighted by Gasteiger charge is -2.20. The second-order valence-electron chi connectivity index (χ2n) is 6.32. The molecule has 0 saturated heterocycles. The number of amides is 2. The van der Waals surface area contributed by atoms with Gasteiger partial charge in [-0.25, -0.2) is 9.18 Å². The molecule has 1 aliphatic heterocycles. The summed E-state index contributed by atoms with van der Waals surface area (Å²) in [6.45, 7) is 5.94. The molecule has 0 saturated carbocycles. The van der Waals surface area contributed by atoms with E-state index in [1.165, 1.54) is 4.68 Å². The van der Waals surface area contributed by atoms with E-state index in [2.05, 4.69) is 15.7 Å². The van der Waals surface area contributed by atoms with Crippen LogP contribution in [0, 0.1) is 0 Å². The Morgan fingerprint density at radius 1 is 1.57 bits per heavy atom. The average molecular weight is 324 g/mol.